The molecule has 0 saturated carbocycles. The number of nitrogens with zero attached hydrogens (tertiary/aromatic N) is 1. The fraction of sp³-hybridized carbons (Fsp3) is 0.600. The van der Waals surface area contributed by atoms with Gasteiger partial charge in [0.05, 0.1) is 0 Å². The minimum Gasteiger partial charge on any atom is -0.316 e. The van der Waals surface area contributed by atoms with E-state index in [1.165, 1.54) is 11.3 Å². The van der Waals surface area contributed by atoms with Gasteiger partial charge in [-0.1, -0.05) is 18.6 Å². The van der Waals surface area contributed by atoms with Crippen molar-refractivity contribution in [2.75, 3.05) is 26.2 Å². The smallest absolute Gasteiger partial charge is 0.252 e. The summed E-state index contributed by atoms with van der Waals surface area (Å²) in [4.78, 5) is 1.13. The molecule has 0 radical (unpaired) electrons. The van der Waals surface area contributed by atoms with Crippen LogP contribution in [0.3, 0.4) is 0 Å². The Morgan fingerprint density at radius 1 is 1.33 bits per heavy atom. The van der Waals surface area contributed by atoms with E-state index in [2.05, 4.69) is 18.3 Å². The summed E-state index contributed by atoms with van der Waals surface area (Å²) < 4.78 is 27.3. The van der Waals surface area contributed by atoms with Crippen molar-refractivity contribution in [2.24, 2.45) is 0 Å². The van der Waals surface area contributed by atoms with Crippen LogP contribution in [0.2, 0.25) is 0 Å². The summed E-state index contributed by atoms with van der Waals surface area (Å²) in [5.41, 5.74) is 1.13. The third-order valence-electron chi connectivity index (χ3n) is 3.50. The van der Waals surface area contributed by atoms with Gasteiger partial charge in [0, 0.05) is 18.0 Å². The van der Waals surface area contributed by atoms with Crippen LogP contribution < -0.4 is 5.32 Å². The fourth-order valence-electron chi connectivity index (χ4n) is 2.35. The predicted octanol–water partition coefficient (Wildman–Crippen LogP) is 2.63. The summed E-state index contributed by atoms with van der Waals surface area (Å²) in [7, 11) is -3.32. The highest BCUT2D eigenvalue weighted by molar-refractivity contribution is 7.91. The van der Waals surface area contributed by atoms with Gasteiger partial charge >= 0.3 is 0 Å². The number of hydrogen-bond donors (Lipinski definition) is 1. The molecule has 2 heterocycles. The molecule has 0 bridgehead atoms. The molecule has 0 atom stereocenters. The quantitative estimate of drug-likeness (QED) is 0.618. The van der Waals surface area contributed by atoms with Crippen molar-refractivity contribution in [3.63, 3.8) is 0 Å². The minimum atomic E-state index is -3.32. The molecule has 6 heteroatoms. The van der Waals surface area contributed by atoms with E-state index < -0.39 is 10.0 Å². The maximum atomic E-state index is 12.6. The molecular formula is C15H24N2O2S2. The molecule has 21 heavy (non-hydrogen) atoms. The van der Waals surface area contributed by atoms with E-state index >= 15 is 0 Å². The second-order valence-electron chi connectivity index (χ2n) is 5.40. The van der Waals surface area contributed by atoms with Crippen LogP contribution in [-0.4, -0.2) is 38.9 Å². The zero-order chi connectivity index (χ0) is 15.3. The standard InChI is InChI=1S/C15H24N2O2S2/c1-3-9-16-10-8-14-6-7-15(20-14)21(18,19)17-11-4-5-13(2)12-17/h5-7,16H,3-4,8-12H2,1-2H3. The van der Waals surface area contributed by atoms with E-state index in [0.717, 1.165) is 42.8 Å². The lowest BCUT2D eigenvalue weighted by Gasteiger charge is -2.24. The van der Waals surface area contributed by atoms with E-state index in [4.69, 9.17) is 0 Å². The highest BCUT2D eigenvalue weighted by Crippen LogP contribution is 2.27. The first-order valence-corrected chi connectivity index (χ1v) is 9.75. The van der Waals surface area contributed by atoms with Crippen molar-refractivity contribution in [1.82, 2.24) is 9.62 Å². The SMILES string of the molecule is CCCNCCc1ccc(S(=O)(=O)N2CCC=C(C)C2)s1. The van der Waals surface area contributed by atoms with Gasteiger partial charge in [0.2, 0.25) is 0 Å². The average molecular weight is 329 g/mol. The van der Waals surface area contributed by atoms with Crippen LogP contribution in [0.15, 0.2) is 28.0 Å². The lowest BCUT2D eigenvalue weighted by atomic mass is 10.2. The Morgan fingerprint density at radius 2 is 2.14 bits per heavy atom. The second-order valence-corrected chi connectivity index (χ2v) is 8.73. The summed E-state index contributed by atoms with van der Waals surface area (Å²) in [5, 5.41) is 3.34. The van der Waals surface area contributed by atoms with Gasteiger partial charge in [-0.3, -0.25) is 0 Å². The van der Waals surface area contributed by atoms with Crippen LogP contribution >= 0.6 is 11.3 Å². The third-order valence-corrected chi connectivity index (χ3v) is 6.96. The molecule has 1 aliphatic heterocycles. The zero-order valence-corrected chi connectivity index (χ0v) is 14.4. The summed E-state index contributed by atoms with van der Waals surface area (Å²) in [6, 6.07) is 3.70. The van der Waals surface area contributed by atoms with E-state index in [0.29, 0.717) is 17.3 Å². The van der Waals surface area contributed by atoms with Gasteiger partial charge in [0.1, 0.15) is 4.21 Å². The lowest BCUT2D eigenvalue weighted by Crippen LogP contribution is -2.34. The maximum Gasteiger partial charge on any atom is 0.252 e. The predicted molar refractivity (Wildman–Crippen MR) is 88.3 cm³/mol. The first-order valence-electron chi connectivity index (χ1n) is 7.49. The molecule has 0 saturated heterocycles. The molecule has 1 aliphatic rings. The fourth-order valence-corrected chi connectivity index (χ4v) is 5.36. The molecule has 1 aromatic heterocycles. The third kappa shape index (κ3) is 4.39. The van der Waals surface area contributed by atoms with Crippen molar-refractivity contribution in [3.8, 4) is 0 Å². The molecule has 0 aliphatic carbocycles. The van der Waals surface area contributed by atoms with Crippen LogP contribution in [0.1, 0.15) is 31.6 Å². The topological polar surface area (TPSA) is 49.4 Å². The molecule has 0 amide bonds. The highest BCUT2D eigenvalue weighted by Gasteiger charge is 2.27. The van der Waals surface area contributed by atoms with Crippen LogP contribution in [0.5, 0.6) is 0 Å². The Morgan fingerprint density at radius 3 is 2.86 bits per heavy atom. The largest absolute Gasteiger partial charge is 0.316 e. The Labute approximate surface area is 131 Å². The minimum absolute atomic E-state index is 0.475. The number of nitrogens with one attached hydrogen (secondary N) is 1. The van der Waals surface area contributed by atoms with Crippen molar-refractivity contribution in [2.45, 2.75) is 37.3 Å². The Kier molecular flexibility index (Phi) is 5.98. The molecule has 0 spiro atoms. The molecular weight excluding hydrogens is 304 g/mol. The van der Waals surface area contributed by atoms with E-state index in [-0.39, 0.29) is 0 Å². The average Bonchev–Trinajstić information content (AvgIpc) is 2.93. The summed E-state index contributed by atoms with van der Waals surface area (Å²) >= 11 is 1.40. The van der Waals surface area contributed by atoms with Gasteiger partial charge in [-0.2, -0.15) is 4.31 Å². The van der Waals surface area contributed by atoms with Gasteiger partial charge in [-0.15, -0.1) is 11.3 Å². The van der Waals surface area contributed by atoms with E-state index in [9.17, 15) is 8.42 Å². The van der Waals surface area contributed by atoms with Gasteiger partial charge in [0.25, 0.3) is 10.0 Å². The first kappa shape index (κ1) is 16.7. The molecule has 1 aromatic rings. The summed E-state index contributed by atoms with van der Waals surface area (Å²) in [5.74, 6) is 0. The van der Waals surface area contributed by atoms with Crippen molar-refractivity contribution >= 4 is 21.4 Å². The van der Waals surface area contributed by atoms with Crippen LogP contribution in [0, 0.1) is 0 Å². The Hall–Kier alpha value is -0.690. The number of thiophene rings is 1. The van der Waals surface area contributed by atoms with Crippen molar-refractivity contribution in [3.05, 3.63) is 28.7 Å². The molecule has 118 valence electrons. The Balaban J connectivity index is 2.01. The monoisotopic (exact) mass is 328 g/mol. The lowest BCUT2D eigenvalue weighted by molar-refractivity contribution is 0.429. The zero-order valence-electron chi connectivity index (χ0n) is 12.8. The molecule has 0 aromatic carbocycles. The maximum absolute atomic E-state index is 12.6. The number of hydrogen-bond acceptors (Lipinski definition) is 4. The van der Waals surface area contributed by atoms with Crippen molar-refractivity contribution in [1.29, 1.82) is 0 Å². The van der Waals surface area contributed by atoms with Gasteiger partial charge < -0.3 is 5.32 Å². The number of rotatable bonds is 7. The molecule has 4 nitrogen and oxygen atoms in total. The molecule has 2 rings (SSSR count). The highest BCUT2D eigenvalue weighted by atomic mass is 32.2. The van der Waals surface area contributed by atoms with Gasteiger partial charge in [0.15, 0.2) is 0 Å². The second kappa shape index (κ2) is 7.54. The van der Waals surface area contributed by atoms with E-state index in [1.807, 2.05) is 13.0 Å². The van der Waals surface area contributed by atoms with Crippen LogP contribution in [-0.2, 0) is 16.4 Å². The normalized spacial score (nSPS) is 17.0. The summed E-state index contributed by atoms with van der Waals surface area (Å²) in [6.07, 6.45) is 4.93. The number of sulfonamides is 1. The van der Waals surface area contributed by atoms with E-state index in [1.54, 1.807) is 10.4 Å². The molecule has 0 fully saturated rings. The summed E-state index contributed by atoms with van der Waals surface area (Å²) in [6.45, 7) is 7.15. The van der Waals surface area contributed by atoms with Crippen LogP contribution in [0.4, 0.5) is 0 Å². The van der Waals surface area contributed by atoms with Crippen LogP contribution in [0.25, 0.3) is 0 Å². The van der Waals surface area contributed by atoms with Gasteiger partial charge in [-0.25, -0.2) is 8.42 Å². The van der Waals surface area contributed by atoms with Gasteiger partial charge in [-0.05, 0) is 51.4 Å². The molecule has 0 unspecified atom stereocenters. The molecule has 1 N–H and O–H groups in total. The Bertz CT molecular complexity index is 591. The first-order chi connectivity index (χ1) is 10.0. The van der Waals surface area contributed by atoms with Crippen molar-refractivity contribution < 1.29 is 8.42 Å².